The molecule has 5 rings (SSSR count). The second-order valence-corrected chi connectivity index (χ2v) is 8.81. The van der Waals surface area contributed by atoms with Gasteiger partial charge in [0.15, 0.2) is 0 Å². The molecule has 2 heterocycles. The summed E-state index contributed by atoms with van der Waals surface area (Å²) in [6, 6.07) is 18.5. The number of hydrogen-bond donors (Lipinski definition) is 2. The molecule has 0 bridgehead atoms. The molecule has 0 saturated heterocycles. The number of aliphatic carboxylic acids is 1. The smallest absolute Gasteiger partial charge is 0.303 e. The summed E-state index contributed by atoms with van der Waals surface area (Å²) in [7, 11) is 1.65. The molecule has 2 N–H and O–H groups in total. The number of carboxylic acids is 1. The molecule has 33 heavy (non-hydrogen) atoms. The summed E-state index contributed by atoms with van der Waals surface area (Å²) in [6.07, 6.45) is 6.26. The number of pyridine rings is 1. The molecule has 6 heteroatoms. The van der Waals surface area contributed by atoms with E-state index in [0.29, 0.717) is 18.3 Å². The number of rotatable bonds is 6. The van der Waals surface area contributed by atoms with E-state index in [4.69, 9.17) is 9.84 Å². The molecule has 1 fully saturated rings. The summed E-state index contributed by atoms with van der Waals surface area (Å²) in [5.41, 5.74) is 6.00. The number of nitrogens with zero attached hydrogens (tertiary/aromatic N) is 2. The Kier molecular flexibility index (Phi) is 5.82. The van der Waals surface area contributed by atoms with E-state index in [-0.39, 0.29) is 0 Å². The van der Waals surface area contributed by atoms with Crippen LogP contribution in [0.15, 0.2) is 60.8 Å². The number of imidazole rings is 1. The van der Waals surface area contributed by atoms with Crippen LogP contribution in [0.3, 0.4) is 0 Å². The predicted octanol–water partition coefficient (Wildman–Crippen LogP) is 6.05. The quantitative estimate of drug-likeness (QED) is 0.380. The highest BCUT2D eigenvalue weighted by Gasteiger charge is 2.24. The van der Waals surface area contributed by atoms with Crippen LogP contribution >= 0.6 is 0 Å². The molecule has 1 aliphatic carbocycles. The molecule has 6 nitrogen and oxygen atoms in total. The maximum Gasteiger partial charge on any atom is 0.303 e. The standard InChI is InChI=1S/C27H27N3O3/c1-33-24-4-2-3-23-26(24)30-27(29-23)21-13-14-22(28-16-21)20-11-9-19(10-12-20)18-7-5-17(6-8-18)15-25(31)32/h2-4,9-14,16-18H,5-8,15H2,1H3,(H,29,30)(H,31,32). The van der Waals surface area contributed by atoms with E-state index in [1.54, 1.807) is 7.11 Å². The molecule has 0 spiro atoms. The SMILES string of the molecule is COc1cccc2nc(-c3ccc(-c4ccc(C5CCC(CC(=O)O)CC5)cc4)nc3)[nH]c12. The molecule has 0 amide bonds. The first-order chi connectivity index (χ1) is 16.1. The first kappa shape index (κ1) is 21.2. The number of carboxylic acid groups (broad SMARTS) is 1. The number of benzene rings is 2. The summed E-state index contributed by atoms with van der Waals surface area (Å²) in [6.45, 7) is 0. The van der Waals surface area contributed by atoms with Crippen molar-refractivity contribution in [3.05, 3.63) is 66.4 Å². The van der Waals surface area contributed by atoms with Crippen LogP contribution in [0.4, 0.5) is 0 Å². The fourth-order valence-electron chi connectivity index (χ4n) is 4.89. The summed E-state index contributed by atoms with van der Waals surface area (Å²) in [5, 5.41) is 9.01. The lowest BCUT2D eigenvalue weighted by Crippen LogP contribution is -2.16. The van der Waals surface area contributed by atoms with E-state index in [1.165, 1.54) is 5.56 Å². The van der Waals surface area contributed by atoms with Crippen LogP contribution in [-0.4, -0.2) is 33.1 Å². The van der Waals surface area contributed by atoms with Gasteiger partial charge in [0.1, 0.15) is 17.1 Å². The minimum Gasteiger partial charge on any atom is -0.494 e. The minimum atomic E-state index is -0.679. The van der Waals surface area contributed by atoms with E-state index in [9.17, 15) is 4.79 Å². The van der Waals surface area contributed by atoms with E-state index >= 15 is 0 Å². The third-order valence-corrected chi connectivity index (χ3v) is 6.72. The molecule has 0 aliphatic heterocycles. The van der Waals surface area contributed by atoms with Crippen molar-refractivity contribution in [3.8, 4) is 28.4 Å². The van der Waals surface area contributed by atoms with Gasteiger partial charge in [0.25, 0.3) is 0 Å². The van der Waals surface area contributed by atoms with E-state index in [0.717, 1.165) is 65.1 Å². The molecule has 0 unspecified atom stereocenters. The minimum absolute atomic E-state index is 0.300. The predicted molar refractivity (Wildman–Crippen MR) is 128 cm³/mol. The highest BCUT2D eigenvalue weighted by molar-refractivity contribution is 5.84. The lowest BCUT2D eigenvalue weighted by Gasteiger charge is -2.28. The molecule has 0 radical (unpaired) electrons. The van der Waals surface area contributed by atoms with Gasteiger partial charge in [-0.25, -0.2) is 4.98 Å². The van der Waals surface area contributed by atoms with Gasteiger partial charge in [0.05, 0.1) is 18.3 Å². The van der Waals surface area contributed by atoms with Gasteiger partial charge in [0, 0.05) is 23.7 Å². The van der Waals surface area contributed by atoms with Crippen molar-refractivity contribution in [3.63, 3.8) is 0 Å². The van der Waals surface area contributed by atoms with Gasteiger partial charge < -0.3 is 14.8 Å². The van der Waals surface area contributed by atoms with Gasteiger partial charge in [-0.3, -0.25) is 9.78 Å². The topological polar surface area (TPSA) is 88.1 Å². The number of methoxy groups -OCH3 is 1. The Balaban J connectivity index is 1.28. The number of aromatic amines is 1. The largest absolute Gasteiger partial charge is 0.494 e. The second kappa shape index (κ2) is 9.06. The molecule has 4 aromatic rings. The number of nitrogens with one attached hydrogen (secondary N) is 1. The average molecular weight is 442 g/mol. The number of hydrogen-bond acceptors (Lipinski definition) is 4. The van der Waals surface area contributed by atoms with E-state index in [1.807, 2.05) is 36.5 Å². The first-order valence-corrected chi connectivity index (χ1v) is 11.4. The molecule has 1 aliphatic rings. The van der Waals surface area contributed by atoms with E-state index in [2.05, 4.69) is 39.2 Å². The molecule has 1 saturated carbocycles. The van der Waals surface area contributed by atoms with Crippen molar-refractivity contribution in [2.75, 3.05) is 7.11 Å². The Morgan fingerprint density at radius 2 is 1.79 bits per heavy atom. The molecule has 2 aromatic heterocycles. The van der Waals surface area contributed by atoms with Crippen LogP contribution in [-0.2, 0) is 4.79 Å². The van der Waals surface area contributed by atoms with E-state index < -0.39 is 5.97 Å². The summed E-state index contributed by atoms with van der Waals surface area (Å²) in [4.78, 5) is 23.6. The third-order valence-electron chi connectivity index (χ3n) is 6.72. The van der Waals surface area contributed by atoms with Crippen LogP contribution in [0.5, 0.6) is 5.75 Å². The number of fused-ring (bicyclic) bond motifs is 1. The van der Waals surface area contributed by atoms with Gasteiger partial charge >= 0.3 is 5.97 Å². The Bertz CT molecular complexity index is 1250. The third kappa shape index (κ3) is 4.46. The molecular formula is C27H27N3O3. The van der Waals surface area contributed by atoms with Gasteiger partial charge in [-0.1, -0.05) is 30.3 Å². The number of ether oxygens (including phenoxy) is 1. The zero-order valence-electron chi connectivity index (χ0n) is 18.6. The zero-order chi connectivity index (χ0) is 22.8. The Labute approximate surface area is 192 Å². The van der Waals surface area contributed by atoms with Crippen molar-refractivity contribution in [2.24, 2.45) is 5.92 Å². The fourth-order valence-corrected chi connectivity index (χ4v) is 4.89. The van der Waals surface area contributed by atoms with Crippen molar-refractivity contribution in [1.29, 1.82) is 0 Å². The van der Waals surface area contributed by atoms with Crippen LogP contribution in [0.25, 0.3) is 33.7 Å². The van der Waals surface area contributed by atoms with Crippen LogP contribution < -0.4 is 4.74 Å². The fraction of sp³-hybridized carbons (Fsp3) is 0.296. The van der Waals surface area contributed by atoms with Crippen molar-refractivity contribution in [2.45, 2.75) is 38.0 Å². The number of para-hydroxylation sites is 1. The Morgan fingerprint density at radius 3 is 2.45 bits per heavy atom. The molecular weight excluding hydrogens is 414 g/mol. The van der Waals surface area contributed by atoms with Crippen molar-refractivity contribution in [1.82, 2.24) is 15.0 Å². The van der Waals surface area contributed by atoms with Gasteiger partial charge in [0.2, 0.25) is 0 Å². The zero-order valence-corrected chi connectivity index (χ0v) is 18.6. The van der Waals surface area contributed by atoms with Gasteiger partial charge in [-0.05, 0) is 67.3 Å². The number of carbonyl (C=O) groups is 1. The molecule has 168 valence electrons. The monoisotopic (exact) mass is 441 g/mol. The van der Waals surface area contributed by atoms with Gasteiger partial charge in [-0.2, -0.15) is 0 Å². The maximum absolute atomic E-state index is 10.9. The average Bonchev–Trinajstić information content (AvgIpc) is 3.29. The normalized spacial score (nSPS) is 18.3. The van der Waals surface area contributed by atoms with Gasteiger partial charge in [-0.15, -0.1) is 0 Å². The Morgan fingerprint density at radius 1 is 1.03 bits per heavy atom. The maximum atomic E-state index is 10.9. The highest BCUT2D eigenvalue weighted by Crippen LogP contribution is 2.37. The summed E-state index contributed by atoms with van der Waals surface area (Å²) < 4.78 is 5.42. The van der Waals surface area contributed by atoms with Crippen molar-refractivity contribution >= 4 is 17.0 Å². The summed E-state index contributed by atoms with van der Waals surface area (Å²) in [5.74, 6) is 1.70. The van der Waals surface area contributed by atoms with Crippen LogP contribution in [0.2, 0.25) is 0 Å². The highest BCUT2D eigenvalue weighted by atomic mass is 16.5. The first-order valence-electron chi connectivity index (χ1n) is 11.4. The van der Waals surface area contributed by atoms with Crippen molar-refractivity contribution < 1.29 is 14.6 Å². The molecule has 2 aromatic carbocycles. The second-order valence-electron chi connectivity index (χ2n) is 8.81. The summed E-state index contributed by atoms with van der Waals surface area (Å²) >= 11 is 0. The lowest BCUT2D eigenvalue weighted by atomic mass is 9.77. The molecule has 0 atom stereocenters. The van der Waals surface area contributed by atoms with Crippen LogP contribution in [0.1, 0.15) is 43.6 Å². The Hall–Kier alpha value is -3.67. The number of aromatic nitrogens is 3. The number of H-pyrrole nitrogens is 1. The van der Waals surface area contributed by atoms with Crippen LogP contribution in [0, 0.1) is 5.92 Å². The lowest BCUT2D eigenvalue weighted by molar-refractivity contribution is -0.138.